The summed E-state index contributed by atoms with van der Waals surface area (Å²) in [7, 11) is 0. The van der Waals surface area contributed by atoms with Crippen molar-refractivity contribution < 1.29 is 14.6 Å². The van der Waals surface area contributed by atoms with E-state index in [9.17, 15) is 9.90 Å². The smallest absolute Gasteiger partial charge is 0.326 e. The topological polar surface area (TPSA) is 106 Å². The van der Waals surface area contributed by atoms with Gasteiger partial charge in [0.2, 0.25) is 0 Å². The highest BCUT2D eigenvalue weighted by Gasteiger charge is 2.39. The second-order valence-electron chi connectivity index (χ2n) is 12.7. The Morgan fingerprint density at radius 3 is 2.30 bits per heavy atom. The number of para-hydroxylation sites is 2. The van der Waals surface area contributed by atoms with E-state index in [-0.39, 0.29) is 36.5 Å². The summed E-state index contributed by atoms with van der Waals surface area (Å²) < 4.78 is 15.4. The van der Waals surface area contributed by atoms with Crippen LogP contribution < -0.4 is 11.4 Å². The van der Waals surface area contributed by atoms with E-state index in [1.807, 2.05) is 53.1 Å². The zero-order valence-electron chi connectivity index (χ0n) is 26.2. The van der Waals surface area contributed by atoms with Crippen LogP contribution in [0.25, 0.3) is 22.2 Å². The monoisotopic (exact) mass is 618 g/mol. The molecule has 4 unspecified atom stereocenters. The number of aromatic nitrogens is 2. The van der Waals surface area contributed by atoms with Crippen LogP contribution in [0.15, 0.2) is 102 Å². The number of nitrogens with zero attached hydrogens (tertiary/aromatic N) is 2. The van der Waals surface area contributed by atoms with Crippen molar-refractivity contribution in [3.8, 4) is 11.1 Å². The summed E-state index contributed by atoms with van der Waals surface area (Å²) in [5.74, 6) is 0.0980. The number of H-pyrrole nitrogens is 1. The van der Waals surface area contributed by atoms with Crippen molar-refractivity contribution in [3.05, 3.63) is 130 Å². The number of aromatic amines is 1. The van der Waals surface area contributed by atoms with Gasteiger partial charge >= 0.3 is 5.69 Å². The van der Waals surface area contributed by atoms with E-state index < -0.39 is 6.29 Å². The third-order valence-electron chi connectivity index (χ3n) is 9.84. The van der Waals surface area contributed by atoms with Gasteiger partial charge in [0.1, 0.15) is 0 Å². The van der Waals surface area contributed by atoms with Gasteiger partial charge in [-0.15, -0.1) is 0 Å². The number of likely N-dealkylation sites (tertiary alicyclic amines) is 1. The molecule has 7 rings (SSSR count). The van der Waals surface area contributed by atoms with Gasteiger partial charge in [0, 0.05) is 43.7 Å². The molecule has 4 aromatic carbocycles. The molecule has 5 aromatic rings. The summed E-state index contributed by atoms with van der Waals surface area (Å²) >= 11 is 0. The third-order valence-corrected chi connectivity index (χ3v) is 9.84. The number of hydrogen-bond acceptors (Lipinski definition) is 6. The molecule has 8 nitrogen and oxygen atoms in total. The van der Waals surface area contributed by atoms with Crippen molar-refractivity contribution >= 4 is 11.0 Å². The molecule has 46 heavy (non-hydrogen) atoms. The Kier molecular flexibility index (Phi) is 8.88. The molecular weight excluding hydrogens is 576 g/mol. The number of imidazole rings is 1. The van der Waals surface area contributed by atoms with E-state index in [4.69, 9.17) is 15.2 Å². The largest absolute Gasteiger partial charge is 0.392 e. The molecule has 2 aliphatic rings. The van der Waals surface area contributed by atoms with Gasteiger partial charge in [-0.25, -0.2) is 4.79 Å². The second-order valence-corrected chi connectivity index (χ2v) is 12.7. The zero-order chi connectivity index (χ0) is 31.6. The molecule has 3 heterocycles. The van der Waals surface area contributed by atoms with Crippen LogP contribution in [0, 0.1) is 5.92 Å². The molecular formula is C38H42N4O4. The molecule has 0 radical (unpaired) electrons. The van der Waals surface area contributed by atoms with E-state index in [2.05, 4.69) is 65.3 Å². The van der Waals surface area contributed by atoms with Crippen LogP contribution >= 0.6 is 0 Å². The molecule has 2 saturated heterocycles. The molecule has 238 valence electrons. The number of rotatable bonds is 8. The van der Waals surface area contributed by atoms with Gasteiger partial charge in [0.15, 0.2) is 6.29 Å². The average molecular weight is 619 g/mol. The van der Waals surface area contributed by atoms with Crippen LogP contribution in [0.1, 0.15) is 60.5 Å². The number of nitrogens with one attached hydrogen (secondary N) is 1. The highest BCUT2D eigenvalue weighted by Crippen LogP contribution is 2.42. The van der Waals surface area contributed by atoms with Crippen LogP contribution in [0.3, 0.4) is 0 Å². The lowest BCUT2D eigenvalue weighted by Gasteiger charge is -2.44. The van der Waals surface area contributed by atoms with Crippen LogP contribution in [0.4, 0.5) is 0 Å². The summed E-state index contributed by atoms with van der Waals surface area (Å²) in [6.07, 6.45) is 1.05. The van der Waals surface area contributed by atoms with Crippen LogP contribution in [0.2, 0.25) is 0 Å². The molecule has 0 amide bonds. The summed E-state index contributed by atoms with van der Waals surface area (Å²) in [5.41, 5.74) is 14.1. The lowest BCUT2D eigenvalue weighted by atomic mass is 9.89. The van der Waals surface area contributed by atoms with Crippen LogP contribution in [0.5, 0.6) is 0 Å². The van der Waals surface area contributed by atoms with Crippen molar-refractivity contribution in [2.75, 3.05) is 19.6 Å². The minimum Gasteiger partial charge on any atom is -0.392 e. The average Bonchev–Trinajstić information content (AvgIpc) is 3.45. The van der Waals surface area contributed by atoms with Crippen LogP contribution in [-0.2, 0) is 22.6 Å². The predicted molar refractivity (Wildman–Crippen MR) is 180 cm³/mol. The first-order chi connectivity index (χ1) is 22.5. The molecule has 2 fully saturated rings. The zero-order valence-corrected chi connectivity index (χ0v) is 26.2. The Labute approximate surface area is 269 Å². The van der Waals surface area contributed by atoms with Gasteiger partial charge in [-0.05, 0) is 52.8 Å². The summed E-state index contributed by atoms with van der Waals surface area (Å²) in [6, 6.07) is 32.8. The number of nitrogens with two attached hydrogens (primary N) is 1. The SMILES string of the molecule is CC1C(CN2CCC(n3c(=O)[nH]c4ccccc43)CC2)OC(c2ccc(-c3ccccc3CN)cc2)OC1c1ccc(CO)cc1. The molecule has 0 aliphatic carbocycles. The van der Waals surface area contributed by atoms with Gasteiger partial charge in [-0.2, -0.15) is 0 Å². The van der Waals surface area contributed by atoms with E-state index in [1.165, 1.54) is 0 Å². The standard InChI is InChI=1S/C38H42N4O4/c1-25-35(23-41-20-18-31(19-21-41)42-34-9-5-4-8-33(34)40-38(42)44)45-37(46-36(25)28-12-10-26(24-43)11-13-28)29-16-14-27(15-17-29)32-7-3-2-6-30(32)22-39/h2-17,25,31,35-37,43H,18-24,39H2,1H3,(H,40,44). The Bertz CT molecular complexity index is 1820. The maximum Gasteiger partial charge on any atom is 0.326 e. The molecule has 2 aliphatic heterocycles. The predicted octanol–water partition coefficient (Wildman–Crippen LogP) is 6.08. The molecule has 8 heteroatoms. The maximum atomic E-state index is 12.8. The Hall–Kier alpha value is -4.05. The van der Waals surface area contributed by atoms with E-state index in [0.717, 1.165) is 76.9 Å². The normalized spacial score (nSPS) is 22.8. The maximum absolute atomic E-state index is 12.8. The lowest BCUT2D eigenvalue weighted by molar-refractivity contribution is -0.276. The number of piperidine rings is 1. The first kappa shape index (κ1) is 30.6. The minimum atomic E-state index is -0.523. The van der Waals surface area contributed by atoms with Crippen molar-refractivity contribution in [1.29, 1.82) is 0 Å². The fourth-order valence-corrected chi connectivity index (χ4v) is 7.18. The number of aliphatic hydroxyl groups is 1. The summed E-state index contributed by atoms with van der Waals surface area (Å²) in [6.45, 7) is 5.26. The molecule has 4 atom stereocenters. The first-order valence-electron chi connectivity index (χ1n) is 16.3. The van der Waals surface area contributed by atoms with Gasteiger partial charge < -0.3 is 30.2 Å². The quantitative estimate of drug-likeness (QED) is 0.195. The van der Waals surface area contributed by atoms with Crippen LogP contribution in [-0.4, -0.2) is 45.3 Å². The van der Waals surface area contributed by atoms with Crippen molar-refractivity contribution in [3.63, 3.8) is 0 Å². The number of fused-ring (bicyclic) bond motifs is 1. The minimum absolute atomic E-state index is 0.00990. The first-order valence-corrected chi connectivity index (χ1v) is 16.3. The third kappa shape index (κ3) is 6.07. The van der Waals surface area contributed by atoms with Gasteiger partial charge in [-0.3, -0.25) is 4.57 Å². The van der Waals surface area contributed by atoms with Gasteiger partial charge in [0.05, 0.1) is 29.8 Å². The van der Waals surface area contributed by atoms with Crippen molar-refractivity contribution in [2.45, 2.75) is 57.5 Å². The highest BCUT2D eigenvalue weighted by atomic mass is 16.7. The second kappa shape index (κ2) is 13.4. The Morgan fingerprint density at radius 1 is 0.870 bits per heavy atom. The van der Waals surface area contributed by atoms with Gasteiger partial charge in [0.25, 0.3) is 0 Å². The van der Waals surface area contributed by atoms with E-state index in [1.54, 1.807) is 0 Å². The fourth-order valence-electron chi connectivity index (χ4n) is 7.18. The molecule has 0 spiro atoms. The molecule has 0 saturated carbocycles. The molecule has 4 N–H and O–H groups in total. The summed E-state index contributed by atoms with van der Waals surface area (Å²) in [4.78, 5) is 18.3. The summed E-state index contributed by atoms with van der Waals surface area (Å²) in [5, 5.41) is 9.61. The molecule has 0 bridgehead atoms. The van der Waals surface area contributed by atoms with Gasteiger partial charge in [-0.1, -0.05) is 91.9 Å². The number of aliphatic hydroxyl groups excluding tert-OH is 1. The molecule has 1 aromatic heterocycles. The Morgan fingerprint density at radius 2 is 1.57 bits per heavy atom. The highest BCUT2D eigenvalue weighted by molar-refractivity contribution is 5.75. The van der Waals surface area contributed by atoms with E-state index in [0.29, 0.717) is 6.54 Å². The van der Waals surface area contributed by atoms with E-state index >= 15 is 0 Å². The number of benzene rings is 4. The lowest BCUT2D eigenvalue weighted by Crippen LogP contribution is -2.47. The number of hydrogen-bond donors (Lipinski definition) is 3. The fraction of sp³-hybridized carbons (Fsp3) is 0.342. The van der Waals surface area contributed by atoms with Crippen molar-refractivity contribution in [1.82, 2.24) is 14.5 Å². The van der Waals surface area contributed by atoms with Crippen molar-refractivity contribution in [2.24, 2.45) is 11.7 Å². The Balaban J connectivity index is 1.10. The number of ether oxygens (including phenoxy) is 2.